The number of hydrogen-bond acceptors (Lipinski definition) is 7. The number of piperidine rings is 1. The van der Waals surface area contributed by atoms with Gasteiger partial charge in [0.25, 0.3) is 5.91 Å². The Labute approximate surface area is 235 Å². The Kier molecular flexibility index (Phi) is 8.84. The van der Waals surface area contributed by atoms with E-state index in [0.29, 0.717) is 60.6 Å². The molecule has 40 heavy (non-hydrogen) atoms. The van der Waals surface area contributed by atoms with Gasteiger partial charge >= 0.3 is 0 Å². The fourth-order valence-corrected chi connectivity index (χ4v) is 6.06. The van der Waals surface area contributed by atoms with Crippen LogP contribution in [-0.2, 0) is 33.9 Å². The number of carbonyl (C=O) groups is 2. The van der Waals surface area contributed by atoms with Crippen molar-refractivity contribution in [3.05, 3.63) is 47.2 Å². The molecule has 0 unspecified atom stereocenters. The molecule has 2 amide bonds. The summed E-state index contributed by atoms with van der Waals surface area (Å²) in [5.41, 5.74) is 4.63. The first-order valence-corrected chi connectivity index (χ1v) is 15.6. The third-order valence-corrected chi connectivity index (χ3v) is 8.00. The number of rotatable bonds is 9. The molecular weight excluding hydrogens is 532 g/mol. The summed E-state index contributed by atoms with van der Waals surface area (Å²) in [4.78, 5) is 32.1. The van der Waals surface area contributed by atoms with Crippen LogP contribution in [0.3, 0.4) is 0 Å². The molecule has 0 radical (unpaired) electrons. The number of aliphatic hydroxyl groups excluding tert-OH is 1. The molecule has 11 heteroatoms. The fraction of sp³-hybridized carbons (Fsp3) is 0.483. The van der Waals surface area contributed by atoms with Crippen molar-refractivity contribution < 1.29 is 27.9 Å². The number of sulfone groups is 1. The van der Waals surface area contributed by atoms with Crippen LogP contribution in [0.5, 0.6) is 5.75 Å². The number of ether oxygens (including phenoxy) is 1. The first kappa shape index (κ1) is 29.5. The summed E-state index contributed by atoms with van der Waals surface area (Å²) in [5.74, 6) is -0.327. The lowest BCUT2D eigenvalue weighted by atomic mass is 9.99. The normalized spacial score (nSPS) is 14.6. The SMILES string of the molecule is CCc1cc2c(nc1-c1ccccc1CS(C)(=O)=O)c(OC(C)C)c(C(=O)NC1CCN(C(=O)CO)CC1)n2C. The van der Waals surface area contributed by atoms with E-state index in [1.54, 1.807) is 15.5 Å². The Morgan fingerprint density at radius 1 is 1.18 bits per heavy atom. The molecule has 0 spiro atoms. The number of nitrogens with one attached hydrogen (secondary N) is 1. The molecule has 0 aliphatic carbocycles. The molecule has 0 saturated carbocycles. The van der Waals surface area contributed by atoms with Crippen molar-refractivity contribution in [3.8, 4) is 17.0 Å². The number of carbonyl (C=O) groups excluding carboxylic acids is 2. The lowest BCUT2D eigenvalue weighted by molar-refractivity contribution is -0.135. The molecular formula is C29H38N4O6S. The van der Waals surface area contributed by atoms with Gasteiger partial charge in [0.05, 0.1) is 23.1 Å². The topological polar surface area (TPSA) is 131 Å². The van der Waals surface area contributed by atoms with E-state index in [2.05, 4.69) is 5.32 Å². The molecule has 1 aliphatic rings. The number of aromatic nitrogens is 2. The van der Waals surface area contributed by atoms with Crippen LogP contribution < -0.4 is 10.1 Å². The predicted molar refractivity (Wildman–Crippen MR) is 154 cm³/mol. The van der Waals surface area contributed by atoms with Crippen LogP contribution in [0.1, 0.15) is 55.2 Å². The highest BCUT2D eigenvalue weighted by Gasteiger charge is 2.29. The standard InChI is InChI=1S/C29H38N4O6S/c1-6-19-15-23-26(31-25(19)22-10-8-7-9-20(22)17-40(5,37)38)28(39-18(2)3)27(32(23)4)29(36)30-21-11-13-33(14-12-21)24(35)16-34/h7-10,15,18,21,34H,6,11-14,16-17H2,1-5H3,(H,30,36). The average Bonchev–Trinajstić information content (AvgIpc) is 3.17. The van der Waals surface area contributed by atoms with Crippen LogP contribution in [0.15, 0.2) is 30.3 Å². The third-order valence-electron chi connectivity index (χ3n) is 7.17. The quantitative estimate of drug-likeness (QED) is 0.405. The molecule has 1 aliphatic heterocycles. The lowest BCUT2D eigenvalue weighted by Gasteiger charge is -2.32. The molecule has 2 N–H and O–H groups in total. The molecule has 4 rings (SSSR count). The van der Waals surface area contributed by atoms with Gasteiger partial charge in [-0.1, -0.05) is 31.2 Å². The van der Waals surface area contributed by atoms with E-state index in [9.17, 15) is 18.0 Å². The summed E-state index contributed by atoms with van der Waals surface area (Å²) in [5, 5.41) is 12.2. The number of benzene rings is 1. The monoisotopic (exact) mass is 570 g/mol. The first-order valence-electron chi connectivity index (χ1n) is 13.6. The molecule has 1 saturated heterocycles. The van der Waals surface area contributed by atoms with Gasteiger partial charge in [-0.05, 0) is 50.3 Å². The van der Waals surface area contributed by atoms with Crippen LogP contribution in [0.4, 0.5) is 0 Å². The number of fused-ring (bicyclic) bond motifs is 1. The molecule has 2 aromatic heterocycles. The summed E-state index contributed by atoms with van der Waals surface area (Å²) in [6.45, 7) is 6.20. The summed E-state index contributed by atoms with van der Waals surface area (Å²) in [7, 11) is -1.46. The number of nitrogens with zero attached hydrogens (tertiary/aromatic N) is 3. The molecule has 3 aromatic rings. The Balaban J connectivity index is 1.78. The van der Waals surface area contributed by atoms with Gasteiger partial charge in [-0.25, -0.2) is 13.4 Å². The first-order chi connectivity index (χ1) is 18.9. The van der Waals surface area contributed by atoms with E-state index in [1.807, 2.05) is 52.1 Å². The zero-order chi connectivity index (χ0) is 29.2. The average molecular weight is 571 g/mol. The number of aryl methyl sites for hydroxylation is 2. The maximum atomic E-state index is 13.7. The van der Waals surface area contributed by atoms with Crippen molar-refractivity contribution in [1.82, 2.24) is 19.8 Å². The van der Waals surface area contributed by atoms with Crippen molar-refractivity contribution in [2.24, 2.45) is 7.05 Å². The predicted octanol–water partition coefficient (Wildman–Crippen LogP) is 2.85. The minimum atomic E-state index is -3.28. The molecule has 0 atom stereocenters. The van der Waals surface area contributed by atoms with Gasteiger partial charge in [0, 0.05) is 38.0 Å². The molecule has 216 valence electrons. The minimum absolute atomic E-state index is 0.105. The van der Waals surface area contributed by atoms with Crippen LogP contribution in [0.25, 0.3) is 22.3 Å². The Morgan fingerprint density at radius 3 is 2.45 bits per heavy atom. The van der Waals surface area contributed by atoms with Gasteiger partial charge < -0.3 is 24.6 Å². The highest BCUT2D eigenvalue weighted by Crippen LogP contribution is 2.37. The van der Waals surface area contributed by atoms with Crippen LogP contribution in [0, 0.1) is 0 Å². The van der Waals surface area contributed by atoms with Gasteiger partial charge in [0.2, 0.25) is 5.91 Å². The molecule has 10 nitrogen and oxygen atoms in total. The number of hydrogen-bond donors (Lipinski definition) is 2. The molecule has 3 heterocycles. The molecule has 1 aromatic carbocycles. The Hall–Kier alpha value is -3.44. The van der Waals surface area contributed by atoms with Gasteiger partial charge in [0.1, 0.15) is 12.1 Å². The summed E-state index contributed by atoms with van der Waals surface area (Å²) >= 11 is 0. The Morgan fingerprint density at radius 2 is 1.85 bits per heavy atom. The summed E-state index contributed by atoms with van der Waals surface area (Å²) in [6, 6.07) is 9.23. The zero-order valence-electron chi connectivity index (χ0n) is 23.7. The second-order valence-corrected chi connectivity index (χ2v) is 12.8. The van der Waals surface area contributed by atoms with Crippen molar-refractivity contribution in [3.63, 3.8) is 0 Å². The van der Waals surface area contributed by atoms with Gasteiger partial charge in [0.15, 0.2) is 21.3 Å². The summed E-state index contributed by atoms with van der Waals surface area (Å²) in [6.07, 6.45) is 2.82. The van der Waals surface area contributed by atoms with Crippen molar-refractivity contribution in [2.75, 3.05) is 26.0 Å². The van der Waals surface area contributed by atoms with Crippen molar-refractivity contribution >= 4 is 32.7 Å². The zero-order valence-corrected chi connectivity index (χ0v) is 24.5. The number of aliphatic hydroxyl groups is 1. The largest absolute Gasteiger partial charge is 0.486 e. The second kappa shape index (κ2) is 12.0. The van der Waals surface area contributed by atoms with Crippen LogP contribution >= 0.6 is 0 Å². The van der Waals surface area contributed by atoms with E-state index in [1.165, 1.54) is 6.26 Å². The van der Waals surface area contributed by atoms with Crippen LogP contribution in [0.2, 0.25) is 0 Å². The van der Waals surface area contributed by atoms with E-state index in [4.69, 9.17) is 14.8 Å². The van der Waals surface area contributed by atoms with E-state index >= 15 is 0 Å². The second-order valence-electron chi connectivity index (χ2n) is 10.6. The smallest absolute Gasteiger partial charge is 0.272 e. The van der Waals surface area contributed by atoms with Crippen LogP contribution in [-0.4, -0.2) is 77.9 Å². The fourth-order valence-electron chi connectivity index (χ4n) is 5.24. The van der Waals surface area contributed by atoms with E-state index in [-0.39, 0.29) is 29.7 Å². The van der Waals surface area contributed by atoms with Crippen molar-refractivity contribution in [2.45, 2.75) is 57.9 Å². The molecule has 1 fully saturated rings. The van der Waals surface area contributed by atoms with E-state index < -0.39 is 16.4 Å². The molecule has 0 bridgehead atoms. The van der Waals surface area contributed by atoms with Gasteiger partial charge in [-0.3, -0.25) is 9.59 Å². The third kappa shape index (κ3) is 6.31. The number of amides is 2. The lowest BCUT2D eigenvalue weighted by Crippen LogP contribution is -2.47. The van der Waals surface area contributed by atoms with E-state index in [0.717, 1.165) is 16.6 Å². The van der Waals surface area contributed by atoms with Gasteiger partial charge in [-0.2, -0.15) is 0 Å². The number of pyridine rings is 1. The minimum Gasteiger partial charge on any atom is -0.486 e. The highest BCUT2D eigenvalue weighted by atomic mass is 32.2. The van der Waals surface area contributed by atoms with Crippen molar-refractivity contribution in [1.29, 1.82) is 0 Å². The highest BCUT2D eigenvalue weighted by molar-refractivity contribution is 7.89. The Bertz CT molecular complexity index is 1520. The maximum absolute atomic E-state index is 13.7. The van der Waals surface area contributed by atoms with Gasteiger partial charge in [-0.15, -0.1) is 0 Å². The maximum Gasteiger partial charge on any atom is 0.272 e. The number of likely N-dealkylation sites (tertiary alicyclic amines) is 1. The summed E-state index contributed by atoms with van der Waals surface area (Å²) < 4.78 is 32.3.